The molecule has 5 aromatic carbocycles. The van der Waals surface area contributed by atoms with Crippen LogP contribution in [0.2, 0.25) is 0 Å². The summed E-state index contributed by atoms with van der Waals surface area (Å²) in [4.78, 5) is 9.25. The molecule has 170 valence electrons. The minimum absolute atomic E-state index is 0.639. The van der Waals surface area contributed by atoms with Gasteiger partial charge in [0.1, 0.15) is 5.52 Å². The molecule has 0 unspecified atom stereocenters. The van der Waals surface area contributed by atoms with Gasteiger partial charge in [-0.05, 0) is 75.5 Å². The normalized spacial score (nSPS) is 11.5. The van der Waals surface area contributed by atoms with Crippen LogP contribution in [0.25, 0.3) is 66.4 Å². The molecule has 36 heavy (non-hydrogen) atoms. The number of fused-ring (bicyclic) bond motifs is 3. The monoisotopic (exact) mass is 462 g/mol. The number of aryl methyl sites for hydroxylation is 1. The summed E-state index contributed by atoms with van der Waals surface area (Å²) in [6, 6.07) is 38.0. The lowest BCUT2D eigenvalue weighted by molar-refractivity contribution is 0.620. The fourth-order valence-corrected chi connectivity index (χ4v) is 5.14. The van der Waals surface area contributed by atoms with Gasteiger partial charge in [-0.1, -0.05) is 78.9 Å². The number of rotatable bonds is 3. The quantitative estimate of drug-likeness (QED) is 0.246. The second kappa shape index (κ2) is 8.17. The first-order chi connectivity index (χ1) is 17.8. The number of benzene rings is 5. The first-order valence-corrected chi connectivity index (χ1v) is 12.1. The Morgan fingerprint density at radius 3 is 1.64 bits per heavy atom. The molecule has 0 aliphatic heterocycles. The van der Waals surface area contributed by atoms with E-state index in [1.165, 1.54) is 32.7 Å². The van der Waals surface area contributed by atoms with Crippen LogP contribution in [-0.2, 0) is 0 Å². The molecule has 0 amide bonds. The molecule has 0 aliphatic rings. The van der Waals surface area contributed by atoms with E-state index in [4.69, 9.17) is 4.42 Å². The molecule has 3 nitrogen and oxygen atoms in total. The zero-order valence-electron chi connectivity index (χ0n) is 19.8. The standard InChI is InChI=1S/C33H22N2O/c1-21-14-15-24(20-34-21)32-27-10-4-2-8-25(27)31(26-9-3-5-11-28(26)32)22-16-18-23(19-17-22)33-35-29-12-6-7-13-30(29)36-33/h2-20H,1H3. The van der Waals surface area contributed by atoms with Gasteiger partial charge in [-0.15, -0.1) is 0 Å². The highest BCUT2D eigenvalue weighted by Crippen LogP contribution is 2.43. The summed E-state index contributed by atoms with van der Waals surface area (Å²) < 4.78 is 6.00. The van der Waals surface area contributed by atoms with Crippen molar-refractivity contribution in [3.8, 4) is 33.7 Å². The van der Waals surface area contributed by atoms with E-state index < -0.39 is 0 Å². The maximum absolute atomic E-state index is 6.00. The number of aromatic nitrogens is 2. The van der Waals surface area contributed by atoms with E-state index in [1.807, 2.05) is 37.4 Å². The van der Waals surface area contributed by atoms with E-state index in [-0.39, 0.29) is 0 Å². The summed E-state index contributed by atoms with van der Waals surface area (Å²) >= 11 is 0. The van der Waals surface area contributed by atoms with Crippen molar-refractivity contribution in [3.63, 3.8) is 0 Å². The zero-order chi connectivity index (χ0) is 24.1. The molecule has 0 fully saturated rings. The summed E-state index contributed by atoms with van der Waals surface area (Å²) in [5, 5.41) is 4.89. The van der Waals surface area contributed by atoms with E-state index in [2.05, 4.69) is 94.9 Å². The molecule has 0 atom stereocenters. The molecule has 0 saturated heterocycles. The van der Waals surface area contributed by atoms with E-state index in [1.54, 1.807) is 0 Å². The predicted molar refractivity (Wildman–Crippen MR) is 148 cm³/mol. The molecule has 0 aliphatic carbocycles. The molecule has 0 spiro atoms. The highest BCUT2D eigenvalue weighted by atomic mass is 16.3. The second-order valence-corrected chi connectivity index (χ2v) is 9.09. The fourth-order valence-electron chi connectivity index (χ4n) is 5.14. The van der Waals surface area contributed by atoms with Crippen LogP contribution in [0.15, 0.2) is 120 Å². The molecule has 0 bridgehead atoms. The summed E-state index contributed by atoms with van der Waals surface area (Å²) in [5.41, 5.74) is 8.40. The average Bonchev–Trinajstić information content (AvgIpc) is 3.37. The Labute approximate surface area is 208 Å². The smallest absolute Gasteiger partial charge is 0.227 e. The number of hydrogen-bond acceptors (Lipinski definition) is 3. The predicted octanol–water partition coefficient (Wildman–Crippen LogP) is 8.84. The number of hydrogen-bond donors (Lipinski definition) is 0. The third kappa shape index (κ3) is 3.29. The van der Waals surface area contributed by atoms with Crippen molar-refractivity contribution < 1.29 is 4.42 Å². The molecule has 2 heterocycles. The minimum atomic E-state index is 0.639. The summed E-state index contributed by atoms with van der Waals surface area (Å²) in [7, 11) is 0. The van der Waals surface area contributed by atoms with Crippen LogP contribution in [0.5, 0.6) is 0 Å². The molecule has 7 rings (SSSR count). The van der Waals surface area contributed by atoms with Gasteiger partial charge in [0.25, 0.3) is 0 Å². The Hall–Kier alpha value is -4.76. The maximum atomic E-state index is 6.00. The van der Waals surface area contributed by atoms with Crippen LogP contribution in [-0.4, -0.2) is 9.97 Å². The van der Waals surface area contributed by atoms with Gasteiger partial charge in [0.15, 0.2) is 5.58 Å². The lowest BCUT2D eigenvalue weighted by Gasteiger charge is -2.17. The minimum Gasteiger partial charge on any atom is -0.436 e. The summed E-state index contributed by atoms with van der Waals surface area (Å²) in [6.07, 6.45) is 1.98. The van der Waals surface area contributed by atoms with Gasteiger partial charge in [0.2, 0.25) is 5.89 Å². The zero-order valence-corrected chi connectivity index (χ0v) is 19.8. The van der Waals surface area contributed by atoms with Crippen LogP contribution in [0.1, 0.15) is 5.69 Å². The lowest BCUT2D eigenvalue weighted by Crippen LogP contribution is -1.91. The van der Waals surface area contributed by atoms with Crippen LogP contribution in [0.3, 0.4) is 0 Å². The lowest BCUT2D eigenvalue weighted by atomic mass is 9.86. The molecule has 3 heteroatoms. The van der Waals surface area contributed by atoms with Gasteiger partial charge in [-0.3, -0.25) is 4.98 Å². The van der Waals surface area contributed by atoms with E-state index in [0.717, 1.165) is 33.5 Å². The first kappa shape index (κ1) is 20.6. The molecule has 0 radical (unpaired) electrons. The number of para-hydroxylation sites is 2. The Morgan fingerprint density at radius 1 is 0.528 bits per heavy atom. The highest BCUT2D eigenvalue weighted by molar-refractivity contribution is 6.21. The SMILES string of the molecule is Cc1ccc(-c2c3ccccc3c(-c3ccc(-c4nc5ccccc5o4)cc3)c3ccccc23)cn1. The van der Waals surface area contributed by atoms with Crippen molar-refractivity contribution in [2.75, 3.05) is 0 Å². The number of oxazole rings is 1. The maximum Gasteiger partial charge on any atom is 0.227 e. The van der Waals surface area contributed by atoms with Crippen molar-refractivity contribution in [2.24, 2.45) is 0 Å². The first-order valence-electron chi connectivity index (χ1n) is 12.1. The van der Waals surface area contributed by atoms with Crippen LogP contribution in [0, 0.1) is 6.92 Å². The highest BCUT2D eigenvalue weighted by Gasteiger charge is 2.17. The Kier molecular flexibility index (Phi) is 4.68. The van der Waals surface area contributed by atoms with E-state index in [9.17, 15) is 0 Å². The number of pyridine rings is 1. The summed E-state index contributed by atoms with van der Waals surface area (Å²) in [5.74, 6) is 0.639. The van der Waals surface area contributed by atoms with Gasteiger partial charge in [0.05, 0.1) is 0 Å². The molecule has 2 aromatic heterocycles. The van der Waals surface area contributed by atoms with E-state index >= 15 is 0 Å². The second-order valence-electron chi connectivity index (χ2n) is 9.09. The third-order valence-electron chi connectivity index (χ3n) is 6.85. The van der Waals surface area contributed by atoms with E-state index in [0.29, 0.717) is 5.89 Å². The van der Waals surface area contributed by atoms with Crippen molar-refractivity contribution in [3.05, 3.63) is 121 Å². The Morgan fingerprint density at radius 2 is 1.06 bits per heavy atom. The topological polar surface area (TPSA) is 38.9 Å². The van der Waals surface area contributed by atoms with Crippen LogP contribution < -0.4 is 0 Å². The molecular weight excluding hydrogens is 440 g/mol. The average molecular weight is 463 g/mol. The van der Waals surface area contributed by atoms with Gasteiger partial charge < -0.3 is 4.42 Å². The van der Waals surface area contributed by atoms with Crippen LogP contribution in [0.4, 0.5) is 0 Å². The van der Waals surface area contributed by atoms with Gasteiger partial charge in [-0.25, -0.2) is 4.98 Å². The molecule has 0 N–H and O–H groups in total. The van der Waals surface area contributed by atoms with Crippen LogP contribution >= 0.6 is 0 Å². The Balaban J connectivity index is 1.45. The van der Waals surface area contributed by atoms with Crippen molar-refractivity contribution in [1.29, 1.82) is 0 Å². The van der Waals surface area contributed by atoms with Gasteiger partial charge in [0, 0.05) is 23.0 Å². The van der Waals surface area contributed by atoms with Gasteiger partial charge in [-0.2, -0.15) is 0 Å². The molecule has 0 saturated carbocycles. The fraction of sp³-hybridized carbons (Fsp3) is 0.0303. The Bertz CT molecular complexity index is 1790. The largest absolute Gasteiger partial charge is 0.436 e. The van der Waals surface area contributed by atoms with Crippen molar-refractivity contribution >= 4 is 32.6 Å². The third-order valence-corrected chi connectivity index (χ3v) is 6.85. The molecular formula is C33H22N2O. The number of nitrogens with zero attached hydrogens (tertiary/aromatic N) is 2. The van der Waals surface area contributed by atoms with Gasteiger partial charge >= 0.3 is 0 Å². The summed E-state index contributed by atoms with van der Waals surface area (Å²) in [6.45, 7) is 2.02. The van der Waals surface area contributed by atoms with Crippen molar-refractivity contribution in [1.82, 2.24) is 9.97 Å². The van der Waals surface area contributed by atoms with Crippen molar-refractivity contribution in [2.45, 2.75) is 6.92 Å². The molecule has 7 aromatic rings.